The van der Waals surface area contributed by atoms with Crippen molar-refractivity contribution in [1.82, 2.24) is 5.32 Å². The lowest BCUT2D eigenvalue weighted by molar-refractivity contribution is -0.137. The molecule has 0 saturated heterocycles. The highest BCUT2D eigenvalue weighted by molar-refractivity contribution is 5.76. The third-order valence-electron chi connectivity index (χ3n) is 3.45. The molecule has 1 amide bonds. The second-order valence-corrected chi connectivity index (χ2v) is 4.98. The molecule has 0 aromatic heterocycles. The number of hydrogen-bond donors (Lipinski definition) is 2. The number of aryl methyl sites for hydroxylation is 2. The number of carbonyl (C=O) groups is 2. The Morgan fingerprint density at radius 3 is 2.74 bits per heavy atom. The Bertz CT molecular complexity index is 482. The lowest BCUT2D eigenvalue weighted by Crippen LogP contribution is -2.22. The molecular formula is C15H19NO3. The fraction of sp³-hybridized carbons (Fsp3) is 0.467. The molecule has 102 valence electrons. The first-order valence-corrected chi connectivity index (χ1v) is 6.74. The smallest absolute Gasteiger partial charge is 0.303 e. The van der Waals surface area contributed by atoms with E-state index in [9.17, 15) is 9.59 Å². The zero-order valence-electron chi connectivity index (χ0n) is 10.9. The largest absolute Gasteiger partial charge is 0.481 e. The number of aliphatic carboxylic acids is 1. The number of hydrogen-bond acceptors (Lipinski definition) is 2. The van der Waals surface area contributed by atoms with Crippen molar-refractivity contribution in [1.29, 1.82) is 0 Å². The van der Waals surface area contributed by atoms with Gasteiger partial charge >= 0.3 is 5.97 Å². The topological polar surface area (TPSA) is 66.4 Å². The van der Waals surface area contributed by atoms with Crippen molar-refractivity contribution in [2.24, 2.45) is 0 Å². The Hall–Kier alpha value is -1.84. The van der Waals surface area contributed by atoms with Crippen LogP contribution < -0.4 is 5.32 Å². The minimum atomic E-state index is -0.855. The van der Waals surface area contributed by atoms with Gasteiger partial charge in [-0.15, -0.1) is 0 Å². The molecule has 19 heavy (non-hydrogen) atoms. The molecule has 2 rings (SSSR count). The summed E-state index contributed by atoms with van der Waals surface area (Å²) < 4.78 is 0. The van der Waals surface area contributed by atoms with Crippen LogP contribution in [0, 0.1) is 0 Å². The van der Waals surface area contributed by atoms with E-state index >= 15 is 0 Å². The Morgan fingerprint density at radius 1 is 1.16 bits per heavy atom. The Labute approximate surface area is 112 Å². The van der Waals surface area contributed by atoms with Gasteiger partial charge in [0.25, 0.3) is 0 Å². The van der Waals surface area contributed by atoms with E-state index in [1.54, 1.807) is 0 Å². The number of nitrogens with one attached hydrogen (secondary N) is 1. The highest BCUT2D eigenvalue weighted by Crippen LogP contribution is 2.22. The molecule has 0 saturated carbocycles. The monoisotopic (exact) mass is 261 g/mol. The standard InChI is InChI=1S/C15H19NO3/c17-14(5-2-6-15(18)19)16-10-11-7-8-12-3-1-4-13(12)9-11/h7-9H,1-6,10H2,(H,16,17)(H,18,19). The van der Waals surface area contributed by atoms with Gasteiger partial charge in [-0.05, 0) is 42.4 Å². The zero-order valence-corrected chi connectivity index (χ0v) is 10.9. The number of benzene rings is 1. The van der Waals surface area contributed by atoms with E-state index in [1.807, 2.05) is 0 Å². The highest BCUT2D eigenvalue weighted by atomic mass is 16.4. The average molecular weight is 261 g/mol. The molecule has 4 nitrogen and oxygen atoms in total. The predicted molar refractivity (Wildman–Crippen MR) is 71.8 cm³/mol. The predicted octanol–water partition coefficient (Wildman–Crippen LogP) is 2.05. The van der Waals surface area contributed by atoms with Crippen LogP contribution in [0.25, 0.3) is 0 Å². The van der Waals surface area contributed by atoms with Gasteiger partial charge in [0.15, 0.2) is 0 Å². The summed E-state index contributed by atoms with van der Waals surface area (Å²) in [6.45, 7) is 0.527. The molecule has 0 heterocycles. The fourth-order valence-electron chi connectivity index (χ4n) is 2.42. The summed E-state index contributed by atoms with van der Waals surface area (Å²) in [7, 11) is 0. The highest BCUT2D eigenvalue weighted by Gasteiger charge is 2.11. The number of carboxylic acid groups (broad SMARTS) is 1. The van der Waals surface area contributed by atoms with Crippen molar-refractivity contribution in [3.8, 4) is 0 Å². The van der Waals surface area contributed by atoms with E-state index in [4.69, 9.17) is 5.11 Å². The molecule has 1 aromatic carbocycles. The summed E-state index contributed by atoms with van der Waals surface area (Å²) in [5, 5.41) is 11.3. The van der Waals surface area contributed by atoms with Gasteiger partial charge in [-0.1, -0.05) is 18.2 Å². The van der Waals surface area contributed by atoms with Crippen LogP contribution in [0.5, 0.6) is 0 Å². The first-order valence-electron chi connectivity index (χ1n) is 6.74. The first-order chi connectivity index (χ1) is 9.15. The van der Waals surface area contributed by atoms with E-state index < -0.39 is 5.97 Å². The van der Waals surface area contributed by atoms with E-state index in [0.717, 1.165) is 18.4 Å². The molecule has 0 radical (unpaired) electrons. The van der Waals surface area contributed by atoms with E-state index in [2.05, 4.69) is 23.5 Å². The van der Waals surface area contributed by atoms with Crippen molar-refractivity contribution in [2.75, 3.05) is 0 Å². The van der Waals surface area contributed by atoms with Crippen LogP contribution in [0.1, 0.15) is 42.4 Å². The van der Waals surface area contributed by atoms with Gasteiger partial charge in [0.05, 0.1) is 0 Å². The number of fused-ring (bicyclic) bond motifs is 1. The van der Waals surface area contributed by atoms with Crippen LogP contribution in [-0.4, -0.2) is 17.0 Å². The summed E-state index contributed by atoms with van der Waals surface area (Å²) in [6, 6.07) is 6.37. The van der Waals surface area contributed by atoms with Crippen molar-refractivity contribution in [2.45, 2.75) is 45.1 Å². The maximum Gasteiger partial charge on any atom is 0.303 e. The minimum absolute atomic E-state index is 0.0479. The molecule has 0 fully saturated rings. The molecule has 0 aliphatic heterocycles. The lowest BCUT2D eigenvalue weighted by atomic mass is 10.1. The van der Waals surface area contributed by atoms with Crippen LogP contribution in [0.4, 0.5) is 0 Å². The van der Waals surface area contributed by atoms with Gasteiger partial charge in [0.2, 0.25) is 5.91 Å². The summed E-state index contributed by atoms with van der Waals surface area (Å²) >= 11 is 0. The van der Waals surface area contributed by atoms with E-state index in [0.29, 0.717) is 13.0 Å². The Balaban J connectivity index is 1.76. The quantitative estimate of drug-likeness (QED) is 0.823. The van der Waals surface area contributed by atoms with Crippen molar-refractivity contribution >= 4 is 11.9 Å². The van der Waals surface area contributed by atoms with Gasteiger partial charge in [0, 0.05) is 19.4 Å². The minimum Gasteiger partial charge on any atom is -0.481 e. The summed E-state index contributed by atoms with van der Waals surface area (Å²) in [6.07, 6.45) is 4.24. The third-order valence-corrected chi connectivity index (χ3v) is 3.45. The van der Waals surface area contributed by atoms with Gasteiger partial charge in [-0.25, -0.2) is 0 Å². The molecule has 4 heteroatoms. The molecule has 1 aliphatic rings. The molecule has 0 spiro atoms. The van der Waals surface area contributed by atoms with Gasteiger partial charge < -0.3 is 10.4 Å². The summed E-state index contributed by atoms with van der Waals surface area (Å²) in [5.41, 5.74) is 3.95. The first kappa shape index (κ1) is 13.6. The Morgan fingerprint density at radius 2 is 1.95 bits per heavy atom. The summed E-state index contributed by atoms with van der Waals surface area (Å²) in [4.78, 5) is 21.9. The van der Waals surface area contributed by atoms with Crippen LogP contribution in [0.3, 0.4) is 0 Å². The fourth-order valence-corrected chi connectivity index (χ4v) is 2.42. The second-order valence-electron chi connectivity index (χ2n) is 4.98. The van der Waals surface area contributed by atoms with Crippen LogP contribution in [0.2, 0.25) is 0 Å². The second kappa shape index (κ2) is 6.36. The average Bonchev–Trinajstić information content (AvgIpc) is 2.83. The number of rotatable bonds is 6. The zero-order chi connectivity index (χ0) is 13.7. The number of carboxylic acids is 1. The number of amides is 1. The SMILES string of the molecule is O=C(O)CCCC(=O)NCc1ccc2c(c1)CCC2. The normalized spacial score (nSPS) is 13.1. The van der Waals surface area contributed by atoms with Crippen molar-refractivity contribution in [3.63, 3.8) is 0 Å². The lowest BCUT2D eigenvalue weighted by Gasteiger charge is -2.07. The maximum atomic E-state index is 11.5. The molecule has 1 aromatic rings. The van der Waals surface area contributed by atoms with Gasteiger partial charge in [-0.3, -0.25) is 9.59 Å². The molecule has 0 unspecified atom stereocenters. The maximum absolute atomic E-state index is 11.5. The molecular weight excluding hydrogens is 242 g/mol. The molecule has 2 N–H and O–H groups in total. The van der Waals surface area contributed by atoms with Crippen LogP contribution in [0.15, 0.2) is 18.2 Å². The summed E-state index contributed by atoms with van der Waals surface area (Å²) in [5.74, 6) is -0.937. The molecule has 0 bridgehead atoms. The van der Waals surface area contributed by atoms with Crippen molar-refractivity contribution in [3.05, 3.63) is 34.9 Å². The molecule has 1 aliphatic carbocycles. The van der Waals surface area contributed by atoms with E-state index in [-0.39, 0.29) is 18.7 Å². The number of carbonyl (C=O) groups excluding carboxylic acids is 1. The Kier molecular flexibility index (Phi) is 4.55. The van der Waals surface area contributed by atoms with Gasteiger partial charge in [-0.2, -0.15) is 0 Å². The van der Waals surface area contributed by atoms with Crippen LogP contribution in [-0.2, 0) is 29.0 Å². The van der Waals surface area contributed by atoms with Gasteiger partial charge in [0.1, 0.15) is 0 Å². The molecule has 0 atom stereocenters. The third kappa shape index (κ3) is 4.09. The van der Waals surface area contributed by atoms with Crippen LogP contribution >= 0.6 is 0 Å². The van der Waals surface area contributed by atoms with E-state index in [1.165, 1.54) is 17.5 Å². The van der Waals surface area contributed by atoms with Crippen molar-refractivity contribution < 1.29 is 14.7 Å².